The molecule has 0 heterocycles. The zero-order valence-electron chi connectivity index (χ0n) is 10.2. The van der Waals surface area contributed by atoms with Crippen LogP contribution in [0.5, 0.6) is 11.5 Å². The minimum absolute atomic E-state index is 0.202. The maximum atomic E-state index is 10.0. The highest BCUT2D eigenvalue weighted by Crippen LogP contribution is 2.30. The summed E-state index contributed by atoms with van der Waals surface area (Å²) < 4.78 is 5.63. The van der Waals surface area contributed by atoms with Gasteiger partial charge in [-0.1, -0.05) is 48.5 Å². The van der Waals surface area contributed by atoms with Gasteiger partial charge in [0.05, 0.1) is 0 Å². The SMILES string of the molecule is C=CCc1cccc(OCc2ccccc2)c1O. The summed E-state index contributed by atoms with van der Waals surface area (Å²) in [6.07, 6.45) is 2.39. The maximum Gasteiger partial charge on any atom is 0.161 e. The quantitative estimate of drug-likeness (QED) is 0.807. The first kappa shape index (κ1) is 12.2. The molecular weight excluding hydrogens is 224 g/mol. The molecule has 0 atom stereocenters. The highest BCUT2D eigenvalue weighted by molar-refractivity contribution is 5.46. The minimum atomic E-state index is 0.202. The van der Waals surface area contributed by atoms with Gasteiger partial charge in [-0.3, -0.25) is 0 Å². The van der Waals surface area contributed by atoms with Crippen molar-refractivity contribution in [2.24, 2.45) is 0 Å². The van der Waals surface area contributed by atoms with E-state index in [0.717, 1.165) is 11.1 Å². The number of hydrogen-bond donors (Lipinski definition) is 1. The number of allylic oxidation sites excluding steroid dienone is 1. The molecule has 0 fully saturated rings. The summed E-state index contributed by atoms with van der Waals surface area (Å²) in [5.74, 6) is 0.714. The number of phenols is 1. The molecule has 2 nitrogen and oxygen atoms in total. The molecule has 0 aliphatic carbocycles. The number of benzene rings is 2. The molecule has 2 aromatic rings. The van der Waals surface area contributed by atoms with Crippen molar-refractivity contribution >= 4 is 0 Å². The molecule has 0 bridgehead atoms. The number of aromatic hydroxyl groups is 1. The lowest BCUT2D eigenvalue weighted by Crippen LogP contribution is -1.96. The Bertz CT molecular complexity index is 518. The van der Waals surface area contributed by atoms with E-state index in [0.29, 0.717) is 18.8 Å². The number of phenolic OH excluding ortho intramolecular Hbond substituents is 1. The van der Waals surface area contributed by atoms with E-state index < -0.39 is 0 Å². The molecule has 0 radical (unpaired) electrons. The molecule has 2 aromatic carbocycles. The van der Waals surface area contributed by atoms with Gasteiger partial charge < -0.3 is 9.84 Å². The predicted octanol–water partition coefficient (Wildman–Crippen LogP) is 3.70. The Morgan fingerprint density at radius 2 is 1.83 bits per heavy atom. The lowest BCUT2D eigenvalue weighted by Gasteiger charge is -2.10. The fraction of sp³-hybridized carbons (Fsp3) is 0.125. The molecule has 1 N–H and O–H groups in total. The molecule has 0 aliphatic rings. The summed E-state index contributed by atoms with van der Waals surface area (Å²) in [5, 5.41) is 10.0. The third-order valence-electron chi connectivity index (χ3n) is 2.68. The Labute approximate surface area is 107 Å². The molecule has 0 amide bonds. The number of hydrogen-bond acceptors (Lipinski definition) is 2. The molecule has 0 spiro atoms. The van der Waals surface area contributed by atoms with E-state index in [1.807, 2.05) is 42.5 Å². The molecule has 0 aromatic heterocycles. The summed E-state index contributed by atoms with van der Waals surface area (Å²) in [5.41, 5.74) is 1.90. The van der Waals surface area contributed by atoms with Crippen LogP contribution in [0, 0.1) is 0 Å². The van der Waals surface area contributed by atoms with Gasteiger partial charge in [-0.05, 0) is 18.1 Å². The van der Waals surface area contributed by atoms with Crippen molar-refractivity contribution in [2.75, 3.05) is 0 Å². The topological polar surface area (TPSA) is 29.5 Å². The molecule has 0 saturated heterocycles. The monoisotopic (exact) mass is 240 g/mol. The highest BCUT2D eigenvalue weighted by atomic mass is 16.5. The Morgan fingerprint density at radius 1 is 1.06 bits per heavy atom. The summed E-state index contributed by atoms with van der Waals surface area (Å²) >= 11 is 0. The first-order chi connectivity index (χ1) is 8.81. The molecule has 0 unspecified atom stereocenters. The normalized spacial score (nSPS) is 10.0. The minimum Gasteiger partial charge on any atom is -0.504 e. The van der Waals surface area contributed by atoms with Gasteiger partial charge in [0.1, 0.15) is 6.61 Å². The van der Waals surface area contributed by atoms with E-state index >= 15 is 0 Å². The summed E-state index contributed by atoms with van der Waals surface area (Å²) in [6, 6.07) is 15.4. The first-order valence-electron chi connectivity index (χ1n) is 5.89. The highest BCUT2D eigenvalue weighted by Gasteiger charge is 2.06. The lowest BCUT2D eigenvalue weighted by molar-refractivity contribution is 0.288. The lowest BCUT2D eigenvalue weighted by atomic mass is 10.1. The second kappa shape index (κ2) is 5.92. The zero-order chi connectivity index (χ0) is 12.8. The van der Waals surface area contributed by atoms with E-state index in [1.165, 1.54) is 0 Å². The Kier molecular flexibility index (Phi) is 4.02. The Hall–Kier alpha value is -2.22. The van der Waals surface area contributed by atoms with Gasteiger partial charge in [-0.25, -0.2) is 0 Å². The summed E-state index contributed by atoms with van der Waals surface area (Å²) in [4.78, 5) is 0. The molecular formula is C16H16O2. The van der Waals surface area contributed by atoms with Gasteiger partial charge in [0.15, 0.2) is 11.5 Å². The van der Waals surface area contributed by atoms with Crippen LogP contribution in [0.3, 0.4) is 0 Å². The standard InChI is InChI=1S/C16H16O2/c1-2-7-14-10-6-11-15(16(14)17)18-12-13-8-4-3-5-9-13/h2-6,8-11,17H,1,7,12H2. The van der Waals surface area contributed by atoms with Crippen LogP contribution in [-0.4, -0.2) is 5.11 Å². The zero-order valence-corrected chi connectivity index (χ0v) is 10.2. The summed E-state index contributed by atoms with van der Waals surface area (Å²) in [6.45, 7) is 4.12. The number of ether oxygens (including phenoxy) is 1. The van der Waals surface area contributed by atoms with Gasteiger partial charge in [-0.15, -0.1) is 6.58 Å². The van der Waals surface area contributed by atoms with Crippen LogP contribution >= 0.6 is 0 Å². The number of para-hydroxylation sites is 1. The van der Waals surface area contributed by atoms with Crippen LogP contribution in [0.15, 0.2) is 61.2 Å². The van der Waals surface area contributed by atoms with Gasteiger partial charge in [-0.2, -0.15) is 0 Å². The van der Waals surface area contributed by atoms with Gasteiger partial charge in [0, 0.05) is 5.56 Å². The molecule has 2 heteroatoms. The van der Waals surface area contributed by atoms with Crippen molar-refractivity contribution < 1.29 is 9.84 Å². The van der Waals surface area contributed by atoms with Crippen LogP contribution in [0.2, 0.25) is 0 Å². The van der Waals surface area contributed by atoms with Crippen molar-refractivity contribution in [2.45, 2.75) is 13.0 Å². The van der Waals surface area contributed by atoms with E-state index in [-0.39, 0.29) is 5.75 Å². The van der Waals surface area contributed by atoms with E-state index in [4.69, 9.17) is 4.74 Å². The average molecular weight is 240 g/mol. The van der Waals surface area contributed by atoms with Crippen LogP contribution in [0.4, 0.5) is 0 Å². The third kappa shape index (κ3) is 2.92. The molecule has 0 aliphatic heterocycles. The van der Waals surface area contributed by atoms with Crippen LogP contribution in [-0.2, 0) is 13.0 Å². The van der Waals surface area contributed by atoms with Gasteiger partial charge in [0.25, 0.3) is 0 Å². The largest absolute Gasteiger partial charge is 0.504 e. The Morgan fingerprint density at radius 3 is 2.56 bits per heavy atom. The van der Waals surface area contributed by atoms with E-state index in [2.05, 4.69) is 6.58 Å². The average Bonchev–Trinajstić information content (AvgIpc) is 2.41. The fourth-order valence-electron chi connectivity index (χ4n) is 1.74. The van der Waals surface area contributed by atoms with Crippen molar-refractivity contribution in [3.8, 4) is 11.5 Å². The maximum absolute atomic E-state index is 10.0. The van der Waals surface area contributed by atoms with Crippen molar-refractivity contribution in [3.63, 3.8) is 0 Å². The molecule has 0 saturated carbocycles. The number of rotatable bonds is 5. The Balaban J connectivity index is 2.10. The second-order valence-corrected chi connectivity index (χ2v) is 4.03. The second-order valence-electron chi connectivity index (χ2n) is 4.03. The van der Waals surface area contributed by atoms with Gasteiger partial charge >= 0.3 is 0 Å². The van der Waals surface area contributed by atoms with Crippen LogP contribution in [0.1, 0.15) is 11.1 Å². The summed E-state index contributed by atoms with van der Waals surface area (Å²) in [7, 11) is 0. The van der Waals surface area contributed by atoms with Crippen LogP contribution < -0.4 is 4.74 Å². The van der Waals surface area contributed by atoms with E-state index in [1.54, 1.807) is 12.1 Å². The van der Waals surface area contributed by atoms with Crippen molar-refractivity contribution in [3.05, 3.63) is 72.3 Å². The third-order valence-corrected chi connectivity index (χ3v) is 2.68. The fourth-order valence-corrected chi connectivity index (χ4v) is 1.74. The van der Waals surface area contributed by atoms with Crippen molar-refractivity contribution in [1.29, 1.82) is 0 Å². The molecule has 92 valence electrons. The molecule has 18 heavy (non-hydrogen) atoms. The van der Waals surface area contributed by atoms with Crippen LogP contribution in [0.25, 0.3) is 0 Å². The van der Waals surface area contributed by atoms with Crippen molar-refractivity contribution in [1.82, 2.24) is 0 Å². The molecule has 2 rings (SSSR count). The first-order valence-corrected chi connectivity index (χ1v) is 5.89. The predicted molar refractivity (Wildman–Crippen MR) is 72.8 cm³/mol. The smallest absolute Gasteiger partial charge is 0.161 e. The van der Waals surface area contributed by atoms with E-state index in [9.17, 15) is 5.11 Å². The van der Waals surface area contributed by atoms with Gasteiger partial charge in [0.2, 0.25) is 0 Å².